The Morgan fingerprint density at radius 1 is 1.06 bits per heavy atom. The lowest BCUT2D eigenvalue weighted by molar-refractivity contribution is 0.0472. The molecule has 10 nitrogen and oxygen atoms in total. The predicted octanol–water partition coefficient (Wildman–Crippen LogP) is 2.18. The summed E-state index contributed by atoms with van der Waals surface area (Å²) in [7, 11) is -3.81. The van der Waals surface area contributed by atoms with Crippen LogP contribution in [0.4, 0.5) is 0 Å². The molecule has 0 aliphatic carbocycles. The molecule has 0 amide bonds. The van der Waals surface area contributed by atoms with Gasteiger partial charge in [0, 0.05) is 18.8 Å². The van der Waals surface area contributed by atoms with Crippen molar-refractivity contribution in [3.05, 3.63) is 51.8 Å². The fourth-order valence-corrected chi connectivity index (χ4v) is 5.41. The molecule has 3 rings (SSSR count). The number of H-pyrrole nitrogens is 1. The van der Waals surface area contributed by atoms with E-state index in [2.05, 4.69) is 4.98 Å². The summed E-state index contributed by atoms with van der Waals surface area (Å²) in [6, 6.07) is 4.23. The van der Waals surface area contributed by atoms with E-state index in [9.17, 15) is 22.8 Å². The summed E-state index contributed by atoms with van der Waals surface area (Å²) >= 11 is 0. The van der Waals surface area contributed by atoms with Gasteiger partial charge in [-0.3, -0.25) is 4.79 Å². The monoisotopic (exact) mass is 492 g/mol. The Morgan fingerprint density at radius 2 is 1.74 bits per heavy atom. The van der Waals surface area contributed by atoms with Crippen molar-refractivity contribution in [1.29, 1.82) is 0 Å². The van der Waals surface area contributed by atoms with Crippen LogP contribution in [0.5, 0.6) is 0 Å². The predicted molar refractivity (Wildman–Crippen MR) is 122 cm³/mol. The number of benzene rings is 1. The van der Waals surface area contributed by atoms with Crippen molar-refractivity contribution in [2.45, 2.75) is 32.6 Å². The van der Waals surface area contributed by atoms with Crippen molar-refractivity contribution in [2.75, 3.05) is 39.5 Å². The highest BCUT2D eigenvalue weighted by Gasteiger charge is 2.29. The van der Waals surface area contributed by atoms with Gasteiger partial charge in [-0.1, -0.05) is 6.07 Å². The first-order valence-corrected chi connectivity index (χ1v) is 12.3. The molecule has 0 unspecified atom stereocenters. The van der Waals surface area contributed by atoms with E-state index in [1.165, 1.54) is 22.5 Å². The van der Waals surface area contributed by atoms with Crippen LogP contribution >= 0.6 is 0 Å². The summed E-state index contributed by atoms with van der Waals surface area (Å²) in [4.78, 5) is 40.3. The molecule has 0 saturated carbocycles. The van der Waals surface area contributed by atoms with Gasteiger partial charge in [0.1, 0.15) is 0 Å². The number of hydrogen-bond donors (Lipinski definition) is 1. The first kappa shape index (κ1) is 25.6. The molecule has 184 valence electrons. The zero-order valence-corrected chi connectivity index (χ0v) is 20.4. The Morgan fingerprint density at radius 3 is 2.38 bits per heavy atom. The maximum atomic E-state index is 13.0. The van der Waals surface area contributed by atoms with Crippen LogP contribution in [0.15, 0.2) is 23.1 Å². The molecule has 0 bridgehead atoms. The lowest BCUT2D eigenvalue weighted by Gasteiger charge is -2.26. The van der Waals surface area contributed by atoms with Gasteiger partial charge in [-0.15, -0.1) is 0 Å². The third kappa shape index (κ3) is 5.21. The van der Waals surface area contributed by atoms with E-state index in [0.29, 0.717) is 30.0 Å². The second kappa shape index (κ2) is 10.5. The third-order valence-corrected chi connectivity index (χ3v) is 7.58. The van der Waals surface area contributed by atoms with Gasteiger partial charge in [0.25, 0.3) is 0 Å². The number of nitrogens with one attached hydrogen (secondary N) is 1. The Kier molecular flexibility index (Phi) is 7.90. The minimum absolute atomic E-state index is 0.00471. The van der Waals surface area contributed by atoms with Gasteiger partial charge in [-0.25, -0.2) is 18.0 Å². The number of hydrogen-bond acceptors (Lipinski definition) is 8. The van der Waals surface area contributed by atoms with E-state index < -0.39 is 34.4 Å². The fraction of sp³-hybridized carbons (Fsp3) is 0.435. The molecule has 11 heteroatoms. The normalized spacial score (nSPS) is 14.6. The molecular formula is C23H28N2O8S. The molecule has 1 aliphatic heterocycles. The van der Waals surface area contributed by atoms with Crippen molar-refractivity contribution in [1.82, 2.24) is 9.29 Å². The maximum absolute atomic E-state index is 13.0. The molecule has 2 aromatic rings. The lowest BCUT2D eigenvalue weighted by atomic mass is 10.1. The van der Waals surface area contributed by atoms with Crippen molar-refractivity contribution < 1.29 is 37.0 Å². The van der Waals surface area contributed by atoms with Crippen LogP contribution in [0.3, 0.4) is 0 Å². The summed E-state index contributed by atoms with van der Waals surface area (Å²) in [6.45, 7) is 7.26. The minimum atomic E-state index is -3.81. The smallest absolute Gasteiger partial charge is 0.340 e. The van der Waals surface area contributed by atoms with Gasteiger partial charge >= 0.3 is 11.9 Å². The molecule has 1 aromatic heterocycles. The topological polar surface area (TPSA) is 132 Å². The molecule has 1 aliphatic rings. The van der Waals surface area contributed by atoms with Crippen LogP contribution in [0.25, 0.3) is 0 Å². The standard InChI is InChI=1S/C23H28N2O8S/c1-5-32-23(28)20-15(3)21(24-16(20)4)18(26)13-33-22(27)17-7-6-14(2)19(12-17)34(29,30)25-8-10-31-11-9-25/h6-7,12,24H,5,8-11,13H2,1-4H3. The van der Waals surface area contributed by atoms with Gasteiger partial charge in [-0.2, -0.15) is 4.31 Å². The van der Waals surface area contributed by atoms with Crippen LogP contribution in [0.1, 0.15) is 54.9 Å². The number of ketones is 1. The van der Waals surface area contributed by atoms with E-state index in [1.807, 2.05) is 0 Å². The first-order chi connectivity index (χ1) is 16.1. The Balaban J connectivity index is 1.75. The van der Waals surface area contributed by atoms with Crippen LogP contribution in [0, 0.1) is 20.8 Å². The Bertz CT molecular complexity index is 1210. The molecular weight excluding hydrogens is 464 g/mol. The van der Waals surface area contributed by atoms with Gasteiger partial charge in [0.15, 0.2) is 6.61 Å². The average molecular weight is 493 g/mol. The molecule has 0 spiro atoms. The molecule has 1 N–H and O–H groups in total. The second-order valence-electron chi connectivity index (χ2n) is 7.84. The summed E-state index contributed by atoms with van der Waals surface area (Å²) in [5.74, 6) is -1.91. The number of esters is 2. The molecule has 1 saturated heterocycles. The van der Waals surface area contributed by atoms with E-state index in [4.69, 9.17) is 14.2 Å². The number of nitrogens with zero attached hydrogens (tertiary/aromatic N) is 1. The molecule has 1 fully saturated rings. The van der Waals surface area contributed by atoms with Crippen LogP contribution < -0.4 is 0 Å². The third-order valence-electron chi connectivity index (χ3n) is 5.54. The molecule has 34 heavy (non-hydrogen) atoms. The number of sulfonamides is 1. The van der Waals surface area contributed by atoms with Crippen molar-refractivity contribution in [3.63, 3.8) is 0 Å². The van der Waals surface area contributed by atoms with Crippen molar-refractivity contribution in [2.24, 2.45) is 0 Å². The number of carbonyl (C=O) groups is 3. The molecule has 1 aromatic carbocycles. The lowest BCUT2D eigenvalue weighted by Crippen LogP contribution is -2.40. The molecule has 2 heterocycles. The van der Waals surface area contributed by atoms with E-state index in [0.717, 1.165) is 0 Å². The zero-order chi connectivity index (χ0) is 25.0. The van der Waals surface area contributed by atoms with Crippen LogP contribution in [0.2, 0.25) is 0 Å². The highest BCUT2D eigenvalue weighted by atomic mass is 32.2. The van der Waals surface area contributed by atoms with Crippen molar-refractivity contribution >= 4 is 27.7 Å². The van der Waals surface area contributed by atoms with Gasteiger partial charge in [0.2, 0.25) is 15.8 Å². The number of Topliss-reactive ketones (excluding diaryl/α,β-unsaturated/α-hetero) is 1. The summed E-state index contributed by atoms with van der Waals surface area (Å²) in [5.41, 5.74) is 1.80. The number of ether oxygens (including phenoxy) is 3. The summed E-state index contributed by atoms with van der Waals surface area (Å²) < 4.78 is 42.8. The number of aromatic amines is 1. The molecule has 0 radical (unpaired) electrons. The minimum Gasteiger partial charge on any atom is -0.462 e. The molecule has 0 atom stereocenters. The van der Waals surface area contributed by atoms with Gasteiger partial charge in [0.05, 0.1) is 41.5 Å². The average Bonchev–Trinajstić information content (AvgIpc) is 3.12. The SMILES string of the molecule is CCOC(=O)c1c(C)[nH]c(C(=O)COC(=O)c2ccc(C)c(S(=O)(=O)N3CCOCC3)c2)c1C. The van der Waals surface area contributed by atoms with Crippen LogP contribution in [-0.2, 0) is 24.2 Å². The van der Waals surface area contributed by atoms with Gasteiger partial charge < -0.3 is 19.2 Å². The Hall–Kier alpha value is -3.02. The van der Waals surface area contributed by atoms with Gasteiger partial charge in [-0.05, 0) is 51.0 Å². The number of carbonyl (C=O) groups excluding carboxylic acids is 3. The summed E-state index contributed by atoms with van der Waals surface area (Å²) in [5, 5.41) is 0. The van der Waals surface area contributed by atoms with Crippen LogP contribution in [-0.4, -0.2) is 74.9 Å². The summed E-state index contributed by atoms with van der Waals surface area (Å²) in [6.07, 6.45) is 0. The largest absolute Gasteiger partial charge is 0.462 e. The van der Waals surface area contributed by atoms with E-state index in [-0.39, 0.29) is 41.4 Å². The number of morpholine rings is 1. The Labute approximate surface area is 198 Å². The zero-order valence-electron chi connectivity index (χ0n) is 19.6. The first-order valence-electron chi connectivity index (χ1n) is 10.8. The number of rotatable bonds is 8. The maximum Gasteiger partial charge on any atom is 0.340 e. The van der Waals surface area contributed by atoms with E-state index in [1.54, 1.807) is 27.7 Å². The fourth-order valence-electron chi connectivity index (χ4n) is 3.76. The number of aryl methyl sites for hydroxylation is 2. The highest BCUT2D eigenvalue weighted by Crippen LogP contribution is 2.23. The number of aromatic nitrogens is 1. The second-order valence-corrected chi connectivity index (χ2v) is 9.75. The quantitative estimate of drug-likeness (QED) is 0.438. The van der Waals surface area contributed by atoms with Crippen molar-refractivity contribution in [3.8, 4) is 0 Å². The van der Waals surface area contributed by atoms with E-state index >= 15 is 0 Å². The highest BCUT2D eigenvalue weighted by molar-refractivity contribution is 7.89.